The van der Waals surface area contributed by atoms with Gasteiger partial charge in [-0.15, -0.1) is 0 Å². The average molecular weight is 414 g/mol. The Morgan fingerprint density at radius 1 is 1.17 bits per heavy atom. The van der Waals surface area contributed by atoms with Crippen molar-refractivity contribution in [2.24, 2.45) is 28.6 Å². The van der Waals surface area contributed by atoms with Crippen LogP contribution < -0.4 is 0 Å². The van der Waals surface area contributed by atoms with Crippen molar-refractivity contribution >= 4 is 17.7 Å². The molecule has 3 saturated carbocycles. The van der Waals surface area contributed by atoms with E-state index < -0.39 is 11.2 Å². The van der Waals surface area contributed by atoms with Gasteiger partial charge in [-0.25, -0.2) is 0 Å². The number of carbonyl (C=O) groups is 3. The van der Waals surface area contributed by atoms with Crippen LogP contribution in [-0.4, -0.2) is 42.1 Å². The number of hydrogen-bond donors (Lipinski definition) is 0. The molecular formula is C24H30O6. The number of fused-ring (bicyclic) bond motifs is 4. The standard InChI is InChI=1S/C24H30O6/c1-21-7-4-14(25)10-13(21)11-15(20(27)28-3)19-16-5-8-23(9-6-18(26)30-23)22(16,2)12-17-24(19,21)29-17/h10,15-17,19H,4-9,11-12H2,1-3H3/t15-,16?,17-,19?,21+,22+,23-,24-/m1/s1. The first-order chi connectivity index (χ1) is 14.2. The highest BCUT2D eigenvalue weighted by atomic mass is 16.6. The summed E-state index contributed by atoms with van der Waals surface area (Å²) in [6.07, 6.45) is 7.61. The van der Waals surface area contributed by atoms with E-state index in [2.05, 4.69) is 13.8 Å². The van der Waals surface area contributed by atoms with Crippen LogP contribution in [0.3, 0.4) is 0 Å². The minimum atomic E-state index is -0.424. The lowest BCUT2D eigenvalue weighted by atomic mass is 9.43. The monoisotopic (exact) mass is 414 g/mol. The van der Waals surface area contributed by atoms with Crippen molar-refractivity contribution in [1.29, 1.82) is 0 Å². The largest absolute Gasteiger partial charge is 0.469 e. The van der Waals surface area contributed by atoms with Crippen LogP contribution in [0.4, 0.5) is 0 Å². The van der Waals surface area contributed by atoms with Gasteiger partial charge in [0.1, 0.15) is 11.2 Å². The molecule has 0 aromatic carbocycles. The molecule has 6 heteroatoms. The van der Waals surface area contributed by atoms with Crippen LogP contribution >= 0.6 is 0 Å². The summed E-state index contributed by atoms with van der Waals surface area (Å²) in [6, 6.07) is 0. The van der Waals surface area contributed by atoms with Crippen LogP contribution in [0.5, 0.6) is 0 Å². The zero-order valence-electron chi connectivity index (χ0n) is 18.0. The predicted molar refractivity (Wildman–Crippen MR) is 105 cm³/mol. The maximum absolute atomic E-state index is 13.0. The highest BCUT2D eigenvalue weighted by molar-refractivity contribution is 5.92. The highest BCUT2D eigenvalue weighted by Gasteiger charge is 2.83. The SMILES string of the molecule is COC(=O)[C@@H]1CC2=CC(=O)CC[C@]2(C)[C@@]23O[C@@H]2C[C@@]2(C)C(CC[C@@]24CCC(=O)O4)C13. The second kappa shape index (κ2) is 5.56. The van der Waals surface area contributed by atoms with Gasteiger partial charge < -0.3 is 14.2 Å². The summed E-state index contributed by atoms with van der Waals surface area (Å²) in [7, 11) is 1.45. The number of hydrogen-bond acceptors (Lipinski definition) is 6. The summed E-state index contributed by atoms with van der Waals surface area (Å²) >= 11 is 0. The zero-order valence-corrected chi connectivity index (χ0v) is 18.0. The summed E-state index contributed by atoms with van der Waals surface area (Å²) in [5.41, 5.74) is -0.175. The molecule has 30 heavy (non-hydrogen) atoms. The van der Waals surface area contributed by atoms with E-state index in [1.165, 1.54) is 7.11 Å². The first-order valence-electron chi connectivity index (χ1n) is 11.4. The van der Waals surface area contributed by atoms with Crippen molar-refractivity contribution in [3.63, 3.8) is 0 Å². The summed E-state index contributed by atoms with van der Waals surface area (Å²) in [6.45, 7) is 4.51. The normalized spacial score (nSPS) is 53.2. The van der Waals surface area contributed by atoms with Crippen molar-refractivity contribution in [3.05, 3.63) is 11.6 Å². The molecule has 2 saturated heterocycles. The molecule has 0 aromatic rings. The molecule has 2 aliphatic heterocycles. The van der Waals surface area contributed by atoms with Gasteiger partial charge in [-0.1, -0.05) is 19.4 Å². The fraction of sp³-hybridized carbons (Fsp3) is 0.792. The minimum Gasteiger partial charge on any atom is -0.469 e. The summed E-state index contributed by atoms with van der Waals surface area (Å²) < 4.78 is 17.9. The van der Waals surface area contributed by atoms with E-state index in [0.717, 1.165) is 37.7 Å². The molecule has 6 aliphatic rings. The van der Waals surface area contributed by atoms with Gasteiger partial charge in [-0.3, -0.25) is 14.4 Å². The van der Waals surface area contributed by atoms with E-state index in [0.29, 0.717) is 19.3 Å². The maximum Gasteiger partial charge on any atom is 0.309 e. The second-order valence-corrected chi connectivity index (χ2v) is 11.0. The average Bonchev–Trinajstić information content (AvgIpc) is 3.20. The molecule has 8 atom stereocenters. The molecule has 4 aliphatic carbocycles. The van der Waals surface area contributed by atoms with Crippen molar-refractivity contribution in [1.82, 2.24) is 0 Å². The highest BCUT2D eigenvalue weighted by Crippen LogP contribution is 2.78. The third kappa shape index (κ3) is 1.94. The molecule has 0 bridgehead atoms. The first-order valence-corrected chi connectivity index (χ1v) is 11.4. The molecule has 162 valence electrons. The molecule has 5 fully saturated rings. The van der Waals surface area contributed by atoms with E-state index in [-0.39, 0.29) is 52.4 Å². The lowest BCUT2D eigenvalue weighted by molar-refractivity contribution is -0.172. The Balaban J connectivity index is 1.49. The van der Waals surface area contributed by atoms with E-state index in [1.807, 2.05) is 0 Å². The molecule has 0 N–H and O–H groups in total. The van der Waals surface area contributed by atoms with Crippen molar-refractivity contribution in [3.8, 4) is 0 Å². The van der Waals surface area contributed by atoms with E-state index in [4.69, 9.17) is 14.2 Å². The minimum absolute atomic E-state index is 0.0303. The quantitative estimate of drug-likeness (QED) is 0.484. The molecule has 2 heterocycles. The van der Waals surface area contributed by atoms with Gasteiger partial charge in [-0.2, -0.15) is 0 Å². The first kappa shape index (κ1) is 19.0. The molecule has 2 spiro atoms. The van der Waals surface area contributed by atoms with Gasteiger partial charge in [0.05, 0.1) is 19.1 Å². The Labute approximate surface area is 176 Å². The molecule has 0 amide bonds. The van der Waals surface area contributed by atoms with Gasteiger partial charge >= 0.3 is 11.9 Å². The zero-order chi connectivity index (χ0) is 21.1. The molecule has 6 nitrogen and oxygen atoms in total. The fourth-order valence-electron chi connectivity index (χ4n) is 8.69. The Kier molecular flexibility index (Phi) is 3.53. The molecule has 0 aromatic heterocycles. The molecule has 2 unspecified atom stereocenters. The summed E-state index contributed by atoms with van der Waals surface area (Å²) in [5.74, 6) is -0.201. The van der Waals surface area contributed by atoms with Crippen LogP contribution in [0.2, 0.25) is 0 Å². The van der Waals surface area contributed by atoms with Crippen molar-refractivity contribution < 1.29 is 28.6 Å². The van der Waals surface area contributed by atoms with Crippen LogP contribution in [0, 0.1) is 28.6 Å². The number of ether oxygens (including phenoxy) is 3. The number of carbonyl (C=O) groups excluding carboxylic acids is 3. The molecule has 0 radical (unpaired) electrons. The van der Waals surface area contributed by atoms with E-state index in [9.17, 15) is 14.4 Å². The summed E-state index contributed by atoms with van der Waals surface area (Å²) in [4.78, 5) is 37.4. The van der Waals surface area contributed by atoms with E-state index in [1.54, 1.807) is 6.08 Å². The number of rotatable bonds is 1. The third-order valence-corrected chi connectivity index (χ3v) is 10.2. The smallest absolute Gasteiger partial charge is 0.309 e. The summed E-state index contributed by atoms with van der Waals surface area (Å²) in [5, 5.41) is 0. The van der Waals surface area contributed by atoms with Gasteiger partial charge in [0.15, 0.2) is 5.78 Å². The predicted octanol–water partition coefficient (Wildman–Crippen LogP) is 3.12. The van der Waals surface area contributed by atoms with Crippen LogP contribution in [0.15, 0.2) is 11.6 Å². The topological polar surface area (TPSA) is 82.2 Å². The van der Waals surface area contributed by atoms with Crippen LogP contribution in [-0.2, 0) is 28.6 Å². The number of methoxy groups -OCH3 is 1. The van der Waals surface area contributed by atoms with Gasteiger partial charge in [-0.05, 0) is 50.5 Å². The van der Waals surface area contributed by atoms with E-state index >= 15 is 0 Å². The number of esters is 2. The van der Waals surface area contributed by atoms with Gasteiger partial charge in [0, 0.05) is 29.6 Å². The molecular weight excluding hydrogens is 384 g/mol. The maximum atomic E-state index is 13.0. The second-order valence-electron chi connectivity index (χ2n) is 11.0. The van der Waals surface area contributed by atoms with Gasteiger partial charge in [0.25, 0.3) is 0 Å². The number of epoxide rings is 1. The lowest BCUT2D eigenvalue weighted by Gasteiger charge is -2.58. The lowest BCUT2D eigenvalue weighted by Crippen LogP contribution is -2.63. The van der Waals surface area contributed by atoms with Crippen molar-refractivity contribution in [2.45, 2.75) is 82.5 Å². The van der Waals surface area contributed by atoms with Crippen LogP contribution in [0.1, 0.15) is 65.2 Å². The van der Waals surface area contributed by atoms with Crippen LogP contribution in [0.25, 0.3) is 0 Å². The Morgan fingerprint density at radius 2 is 1.97 bits per heavy atom. The third-order valence-electron chi connectivity index (χ3n) is 10.2. The van der Waals surface area contributed by atoms with Gasteiger partial charge in [0.2, 0.25) is 0 Å². The Bertz CT molecular complexity index is 907. The Hall–Kier alpha value is -1.69. The molecule has 6 rings (SSSR count). The van der Waals surface area contributed by atoms with Crippen molar-refractivity contribution in [2.75, 3.05) is 7.11 Å². The fourth-order valence-corrected chi connectivity index (χ4v) is 8.69. The Morgan fingerprint density at radius 3 is 2.67 bits per heavy atom. The number of ketones is 1.